The van der Waals surface area contributed by atoms with Crippen molar-refractivity contribution in [2.75, 3.05) is 13.2 Å². The molecular formula is C10H21NO2. The van der Waals surface area contributed by atoms with Gasteiger partial charge in [0.05, 0.1) is 0 Å². The van der Waals surface area contributed by atoms with Gasteiger partial charge in [0.1, 0.15) is 6.61 Å². The van der Waals surface area contributed by atoms with Crippen LogP contribution in [0.3, 0.4) is 0 Å². The van der Waals surface area contributed by atoms with Gasteiger partial charge < -0.3 is 10.1 Å². The molecule has 0 radical (unpaired) electrons. The third kappa shape index (κ3) is 5.64. The number of carbonyl (C=O) groups excluding carboxylic acids is 1. The van der Waals surface area contributed by atoms with Crippen molar-refractivity contribution in [2.24, 2.45) is 5.41 Å². The van der Waals surface area contributed by atoms with Crippen molar-refractivity contribution in [3.8, 4) is 0 Å². The molecule has 0 rings (SSSR count). The topological polar surface area (TPSA) is 38.3 Å². The molecule has 0 aromatic heterocycles. The summed E-state index contributed by atoms with van der Waals surface area (Å²) in [6.45, 7) is 10.9. The lowest BCUT2D eigenvalue weighted by atomic mass is 9.88. The molecular weight excluding hydrogens is 166 g/mol. The zero-order valence-electron chi connectivity index (χ0n) is 9.31. The summed E-state index contributed by atoms with van der Waals surface area (Å²) in [6, 6.07) is 0.167. The monoisotopic (exact) mass is 187 g/mol. The number of ether oxygens (including phenoxy) is 1. The zero-order chi connectivity index (χ0) is 10.5. The Labute approximate surface area is 80.8 Å². The first kappa shape index (κ1) is 12.4. The molecule has 78 valence electrons. The van der Waals surface area contributed by atoms with Crippen molar-refractivity contribution in [1.29, 1.82) is 0 Å². The van der Waals surface area contributed by atoms with E-state index < -0.39 is 0 Å². The van der Waals surface area contributed by atoms with Crippen LogP contribution < -0.4 is 5.32 Å². The lowest BCUT2D eigenvalue weighted by Crippen LogP contribution is -2.42. The van der Waals surface area contributed by atoms with Crippen LogP contribution in [0.25, 0.3) is 0 Å². The van der Waals surface area contributed by atoms with Crippen molar-refractivity contribution in [3.63, 3.8) is 0 Å². The second-order valence-corrected chi connectivity index (χ2v) is 4.29. The lowest BCUT2D eigenvalue weighted by molar-refractivity contribution is -0.126. The molecule has 0 bridgehead atoms. The molecule has 0 saturated heterocycles. The summed E-state index contributed by atoms with van der Waals surface area (Å²) in [5, 5.41) is 2.89. The highest BCUT2D eigenvalue weighted by Crippen LogP contribution is 2.18. The van der Waals surface area contributed by atoms with E-state index in [1.165, 1.54) is 0 Å². The molecule has 0 aliphatic rings. The average molecular weight is 187 g/mol. The van der Waals surface area contributed by atoms with Crippen molar-refractivity contribution in [2.45, 2.75) is 40.7 Å². The number of carbonyl (C=O) groups is 1. The van der Waals surface area contributed by atoms with E-state index in [1.807, 2.05) is 13.8 Å². The maximum Gasteiger partial charge on any atom is 0.246 e. The van der Waals surface area contributed by atoms with E-state index in [4.69, 9.17) is 4.74 Å². The molecule has 0 fully saturated rings. The second-order valence-electron chi connectivity index (χ2n) is 4.29. The minimum Gasteiger partial charge on any atom is -0.372 e. The highest BCUT2D eigenvalue weighted by molar-refractivity contribution is 5.77. The van der Waals surface area contributed by atoms with Gasteiger partial charge in [0.15, 0.2) is 0 Å². The zero-order valence-corrected chi connectivity index (χ0v) is 9.31. The first-order valence-corrected chi connectivity index (χ1v) is 4.75. The summed E-state index contributed by atoms with van der Waals surface area (Å²) in [5.74, 6) is -0.0377. The van der Waals surface area contributed by atoms with Gasteiger partial charge in [0, 0.05) is 12.6 Å². The van der Waals surface area contributed by atoms with E-state index in [9.17, 15) is 4.79 Å². The summed E-state index contributed by atoms with van der Waals surface area (Å²) in [6.07, 6.45) is 0. The molecule has 1 amide bonds. The number of hydrogen-bond donors (Lipinski definition) is 1. The average Bonchev–Trinajstić information content (AvgIpc) is 1.99. The Morgan fingerprint density at radius 1 is 1.46 bits per heavy atom. The molecule has 0 aliphatic carbocycles. The Morgan fingerprint density at radius 3 is 2.38 bits per heavy atom. The van der Waals surface area contributed by atoms with Crippen LogP contribution in [-0.4, -0.2) is 25.2 Å². The van der Waals surface area contributed by atoms with E-state index in [0.717, 1.165) is 0 Å². The fourth-order valence-electron chi connectivity index (χ4n) is 0.694. The van der Waals surface area contributed by atoms with Crippen LogP contribution in [0.1, 0.15) is 34.6 Å². The standard InChI is InChI=1S/C10H21NO2/c1-6-13-7-9(12)11-8(2)10(3,4)5/h8H,6-7H2,1-5H3,(H,11,12). The normalized spacial score (nSPS) is 13.9. The Kier molecular flexibility index (Phi) is 4.99. The van der Waals surface area contributed by atoms with Crippen LogP contribution in [0.5, 0.6) is 0 Å². The van der Waals surface area contributed by atoms with Gasteiger partial charge in [-0.3, -0.25) is 4.79 Å². The van der Waals surface area contributed by atoms with Gasteiger partial charge in [-0.2, -0.15) is 0 Å². The summed E-state index contributed by atoms with van der Waals surface area (Å²) >= 11 is 0. The van der Waals surface area contributed by atoms with Gasteiger partial charge in [-0.1, -0.05) is 20.8 Å². The molecule has 0 aromatic carbocycles. The van der Waals surface area contributed by atoms with Crippen molar-refractivity contribution in [3.05, 3.63) is 0 Å². The summed E-state index contributed by atoms with van der Waals surface area (Å²) in [5.41, 5.74) is 0.0991. The number of rotatable bonds is 4. The summed E-state index contributed by atoms with van der Waals surface area (Å²) < 4.78 is 5.00. The van der Waals surface area contributed by atoms with E-state index in [0.29, 0.717) is 6.61 Å². The van der Waals surface area contributed by atoms with Crippen LogP contribution >= 0.6 is 0 Å². The molecule has 1 unspecified atom stereocenters. The van der Waals surface area contributed by atoms with Gasteiger partial charge in [0.2, 0.25) is 5.91 Å². The minimum absolute atomic E-state index is 0.0377. The maximum absolute atomic E-state index is 11.2. The summed E-state index contributed by atoms with van der Waals surface area (Å²) in [7, 11) is 0. The van der Waals surface area contributed by atoms with E-state index in [-0.39, 0.29) is 24.0 Å². The van der Waals surface area contributed by atoms with Crippen LogP contribution in [-0.2, 0) is 9.53 Å². The highest BCUT2D eigenvalue weighted by Gasteiger charge is 2.21. The molecule has 0 aliphatic heterocycles. The first-order valence-electron chi connectivity index (χ1n) is 4.75. The van der Waals surface area contributed by atoms with Gasteiger partial charge in [-0.25, -0.2) is 0 Å². The van der Waals surface area contributed by atoms with Gasteiger partial charge in [-0.05, 0) is 19.3 Å². The van der Waals surface area contributed by atoms with E-state index in [1.54, 1.807) is 0 Å². The van der Waals surface area contributed by atoms with Crippen LogP contribution in [0.4, 0.5) is 0 Å². The molecule has 0 saturated carbocycles. The van der Waals surface area contributed by atoms with Crippen LogP contribution in [0.15, 0.2) is 0 Å². The Hall–Kier alpha value is -0.570. The fourth-order valence-corrected chi connectivity index (χ4v) is 0.694. The maximum atomic E-state index is 11.2. The van der Waals surface area contributed by atoms with Crippen LogP contribution in [0.2, 0.25) is 0 Å². The number of hydrogen-bond acceptors (Lipinski definition) is 2. The third-order valence-corrected chi connectivity index (χ3v) is 2.11. The number of nitrogens with one attached hydrogen (secondary N) is 1. The highest BCUT2D eigenvalue weighted by atomic mass is 16.5. The quantitative estimate of drug-likeness (QED) is 0.725. The molecule has 0 aromatic rings. The number of amides is 1. The minimum atomic E-state index is -0.0377. The molecule has 0 heterocycles. The van der Waals surface area contributed by atoms with E-state index in [2.05, 4.69) is 26.1 Å². The molecule has 3 heteroatoms. The van der Waals surface area contributed by atoms with Gasteiger partial charge in [-0.15, -0.1) is 0 Å². The molecule has 1 N–H and O–H groups in total. The lowest BCUT2D eigenvalue weighted by Gasteiger charge is -2.27. The Bertz CT molecular complexity index is 161. The molecule has 1 atom stereocenters. The molecule has 13 heavy (non-hydrogen) atoms. The van der Waals surface area contributed by atoms with E-state index >= 15 is 0 Å². The van der Waals surface area contributed by atoms with Crippen molar-refractivity contribution < 1.29 is 9.53 Å². The first-order chi connectivity index (χ1) is 5.88. The smallest absolute Gasteiger partial charge is 0.246 e. The van der Waals surface area contributed by atoms with Crippen molar-refractivity contribution in [1.82, 2.24) is 5.32 Å². The summed E-state index contributed by atoms with van der Waals surface area (Å²) in [4.78, 5) is 11.2. The van der Waals surface area contributed by atoms with Crippen LogP contribution in [0, 0.1) is 5.41 Å². The third-order valence-electron chi connectivity index (χ3n) is 2.11. The SMILES string of the molecule is CCOCC(=O)NC(C)C(C)(C)C. The predicted molar refractivity (Wildman–Crippen MR) is 53.6 cm³/mol. The van der Waals surface area contributed by atoms with Gasteiger partial charge in [0.25, 0.3) is 0 Å². The van der Waals surface area contributed by atoms with Crippen molar-refractivity contribution >= 4 is 5.91 Å². The second kappa shape index (κ2) is 5.22. The largest absolute Gasteiger partial charge is 0.372 e. The Balaban J connectivity index is 3.79. The van der Waals surface area contributed by atoms with Gasteiger partial charge >= 0.3 is 0 Å². The molecule has 0 spiro atoms. The Morgan fingerprint density at radius 2 is 2.00 bits per heavy atom. The predicted octanol–water partition coefficient (Wildman–Crippen LogP) is 1.57. The molecule has 3 nitrogen and oxygen atoms in total. The fraction of sp³-hybridized carbons (Fsp3) is 0.900.